The molecule has 0 bridgehead atoms. The second-order valence-corrected chi connectivity index (χ2v) is 2.84. The minimum absolute atomic E-state index is 0.193. The lowest BCUT2D eigenvalue weighted by Crippen LogP contribution is -2.12. The largest absolute Gasteiger partial charge is 0.459 e. The summed E-state index contributed by atoms with van der Waals surface area (Å²) in [6.07, 6.45) is 7.86. The van der Waals surface area contributed by atoms with Crippen LogP contribution in [0.1, 0.15) is 32.6 Å². The van der Waals surface area contributed by atoms with Crippen molar-refractivity contribution in [2.75, 3.05) is 0 Å². The summed E-state index contributed by atoms with van der Waals surface area (Å²) in [6, 6.07) is 0. The van der Waals surface area contributed by atoms with Crippen molar-refractivity contribution in [2.45, 2.75) is 38.7 Å². The van der Waals surface area contributed by atoms with Gasteiger partial charge in [-0.1, -0.05) is 6.08 Å². The monoisotopic (exact) mass is 154 g/mol. The van der Waals surface area contributed by atoms with Gasteiger partial charge in [0, 0.05) is 6.08 Å². The minimum atomic E-state index is -0.195. The van der Waals surface area contributed by atoms with Gasteiger partial charge in [0.15, 0.2) is 0 Å². The third kappa shape index (κ3) is 2.74. The van der Waals surface area contributed by atoms with E-state index in [4.69, 9.17) is 4.74 Å². The zero-order valence-electron chi connectivity index (χ0n) is 6.88. The van der Waals surface area contributed by atoms with Crippen molar-refractivity contribution in [3.05, 3.63) is 12.2 Å². The molecule has 62 valence electrons. The summed E-state index contributed by atoms with van der Waals surface area (Å²) in [6.45, 7) is 1.82. The number of rotatable bonds is 2. The summed E-state index contributed by atoms with van der Waals surface area (Å²) >= 11 is 0. The molecule has 2 nitrogen and oxygen atoms in total. The smallest absolute Gasteiger partial charge is 0.330 e. The molecule has 0 aliphatic heterocycles. The molecular weight excluding hydrogens is 140 g/mol. The fourth-order valence-electron chi connectivity index (χ4n) is 1.35. The van der Waals surface area contributed by atoms with E-state index < -0.39 is 0 Å². The molecule has 1 aliphatic rings. The highest BCUT2D eigenvalue weighted by atomic mass is 16.5. The van der Waals surface area contributed by atoms with Crippen LogP contribution in [-0.2, 0) is 9.53 Å². The number of carbonyl (C=O) groups excluding carboxylic acids is 1. The van der Waals surface area contributed by atoms with E-state index >= 15 is 0 Å². The number of hydrogen-bond donors (Lipinski definition) is 0. The predicted octanol–water partition coefficient (Wildman–Crippen LogP) is 2.05. The molecule has 0 heterocycles. The van der Waals surface area contributed by atoms with Crippen molar-refractivity contribution >= 4 is 5.97 Å². The van der Waals surface area contributed by atoms with E-state index in [1.807, 2.05) is 6.92 Å². The van der Waals surface area contributed by atoms with Gasteiger partial charge < -0.3 is 4.74 Å². The first-order valence-electron chi connectivity index (χ1n) is 4.16. The average molecular weight is 154 g/mol. The topological polar surface area (TPSA) is 26.3 Å². The molecule has 1 aliphatic carbocycles. The highest BCUT2D eigenvalue weighted by Crippen LogP contribution is 2.20. The maximum atomic E-state index is 10.9. The van der Waals surface area contributed by atoms with Crippen molar-refractivity contribution in [3.63, 3.8) is 0 Å². The number of allylic oxidation sites excluding steroid dienone is 1. The molecule has 0 amide bonds. The molecule has 1 saturated carbocycles. The Labute approximate surface area is 67.2 Å². The maximum Gasteiger partial charge on any atom is 0.330 e. The summed E-state index contributed by atoms with van der Waals surface area (Å²) in [5, 5.41) is 0. The standard InChI is InChI=1S/C9H14O2/c1-2-5-9(10)11-8-6-3-4-7-8/h2,5,8H,3-4,6-7H2,1H3. The Balaban J connectivity index is 2.23. The predicted molar refractivity (Wildman–Crippen MR) is 43.2 cm³/mol. The first-order valence-corrected chi connectivity index (χ1v) is 4.16. The summed E-state index contributed by atoms with van der Waals surface area (Å²) in [4.78, 5) is 10.9. The van der Waals surface area contributed by atoms with E-state index in [9.17, 15) is 4.79 Å². The van der Waals surface area contributed by atoms with Crippen LogP contribution in [0.2, 0.25) is 0 Å². The lowest BCUT2D eigenvalue weighted by atomic mass is 10.3. The van der Waals surface area contributed by atoms with Crippen LogP contribution in [0.25, 0.3) is 0 Å². The van der Waals surface area contributed by atoms with Gasteiger partial charge in [0.05, 0.1) is 0 Å². The van der Waals surface area contributed by atoms with Gasteiger partial charge in [0.1, 0.15) is 6.10 Å². The Kier molecular flexibility index (Phi) is 3.14. The van der Waals surface area contributed by atoms with Gasteiger partial charge in [-0.15, -0.1) is 0 Å². The van der Waals surface area contributed by atoms with Gasteiger partial charge in [-0.2, -0.15) is 0 Å². The fraction of sp³-hybridized carbons (Fsp3) is 0.667. The Morgan fingerprint density at radius 2 is 2.09 bits per heavy atom. The van der Waals surface area contributed by atoms with Gasteiger partial charge in [-0.3, -0.25) is 0 Å². The highest BCUT2D eigenvalue weighted by molar-refractivity contribution is 5.81. The molecule has 0 aromatic rings. The molecule has 2 heteroatoms. The fourth-order valence-corrected chi connectivity index (χ4v) is 1.35. The van der Waals surface area contributed by atoms with Gasteiger partial charge in [-0.25, -0.2) is 4.79 Å². The molecule has 0 aromatic heterocycles. The Hall–Kier alpha value is -0.790. The van der Waals surface area contributed by atoms with Gasteiger partial charge >= 0.3 is 5.97 Å². The third-order valence-corrected chi connectivity index (χ3v) is 1.89. The highest BCUT2D eigenvalue weighted by Gasteiger charge is 2.17. The van der Waals surface area contributed by atoms with Crippen LogP contribution >= 0.6 is 0 Å². The van der Waals surface area contributed by atoms with E-state index in [-0.39, 0.29) is 12.1 Å². The molecule has 11 heavy (non-hydrogen) atoms. The van der Waals surface area contributed by atoms with Crippen LogP contribution in [0, 0.1) is 0 Å². The molecule has 0 saturated heterocycles. The quantitative estimate of drug-likeness (QED) is 0.449. The first kappa shape index (κ1) is 8.31. The molecule has 1 rings (SSSR count). The van der Waals surface area contributed by atoms with Crippen molar-refractivity contribution in [1.82, 2.24) is 0 Å². The molecular formula is C9H14O2. The average Bonchev–Trinajstić information content (AvgIpc) is 2.40. The number of esters is 1. The summed E-state index contributed by atoms with van der Waals surface area (Å²) in [5.74, 6) is -0.195. The van der Waals surface area contributed by atoms with Crippen molar-refractivity contribution < 1.29 is 9.53 Å². The number of carbonyl (C=O) groups is 1. The van der Waals surface area contributed by atoms with Gasteiger partial charge in [0.25, 0.3) is 0 Å². The summed E-state index contributed by atoms with van der Waals surface area (Å²) in [7, 11) is 0. The van der Waals surface area contributed by atoms with Crippen LogP contribution in [0.15, 0.2) is 12.2 Å². The molecule has 0 N–H and O–H groups in total. The first-order chi connectivity index (χ1) is 5.33. The molecule has 0 unspecified atom stereocenters. The maximum absolute atomic E-state index is 10.9. The molecule has 0 atom stereocenters. The zero-order chi connectivity index (χ0) is 8.10. The van der Waals surface area contributed by atoms with Crippen molar-refractivity contribution in [2.24, 2.45) is 0 Å². The lowest BCUT2D eigenvalue weighted by Gasteiger charge is -2.08. The van der Waals surface area contributed by atoms with Crippen LogP contribution < -0.4 is 0 Å². The molecule has 0 radical (unpaired) electrons. The van der Waals surface area contributed by atoms with E-state index in [0.29, 0.717) is 0 Å². The Bertz CT molecular complexity index is 155. The Morgan fingerprint density at radius 1 is 1.45 bits per heavy atom. The van der Waals surface area contributed by atoms with E-state index in [2.05, 4.69) is 0 Å². The van der Waals surface area contributed by atoms with Crippen LogP contribution in [0.5, 0.6) is 0 Å². The van der Waals surface area contributed by atoms with E-state index in [0.717, 1.165) is 12.8 Å². The number of ether oxygens (including phenoxy) is 1. The molecule has 0 spiro atoms. The summed E-state index contributed by atoms with van der Waals surface area (Å²) < 4.78 is 5.13. The molecule has 0 aromatic carbocycles. The van der Waals surface area contributed by atoms with E-state index in [1.54, 1.807) is 6.08 Å². The van der Waals surface area contributed by atoms with Crippen molar-refractivity contribution in [1.29, 1.82) is 0 Å². The lowest BCUT2D eigenvalue weighted by molar-refractivity contribution is -0.142. The van der Waals surface area contributed by atoms with Crippen LogP contribution in [0.3, 0.4) is 0 Å². The van der Waals surface area contributed by atoms with E-state index in [1.165, 1.54) is 18.9 Å². The second-order valence-electron chi connectivity index (χ2n) is 2.84. The van der Waals surface area contributed by atoms with Crippen molar-refractivity contribution in [3.8, 4) is 0 Å². The minimum Gasteiger partial charge on any atom is -0.459 e. The van der Waals surface area contributed by atoms with Gasteiger partial charge in [0.2, 0.25) is 0 Å². The third-order valence-electron chi connectivity index (χ3n) is 1.89. The van der Waals surface area contributed by atoms with Crippen LogP contribution in [-0.4, -0.2) is 12.1 Å². The Morgan fingerprint density at radius 3 is 2.64 bits per heavy atom. The number of hydrogen-bond acceptors (Lipinski definition) is 2. The zero-order valence-corrected chi connectivity index (χ0v) is 6.88. The SMILES string of the molecule is CC=CC(=O)OC1CCCC1. The normalized spacial score (nSPS) is 19.4. The second kappa shape index (κ2) is 4.16. The summed E-state index contributed by atoms with van der Waals surface area (Å²) in [5.41, 5.74) is 0. The molecule has 1 fully saturated rings. The van der Waals surface area contributed by atoms with Gasteiger partial charge in [-0.05, 0) is 32.6 Å². The van der Waals surface area contributed by atoms with Crippen LogP contribution in [0.4, 0.5) is 0 Å².